The van der Waals surface area contributed by atoms with Crippen molar-refractivity contribution >= 4 is 12.4 Å². The molecule has 1 rings (SSSR count). The van der Waals surface area contributed by atoms with E-state index in [0.29, 0.717) is 11.5 Å². The zero-order valence-corrected chi connectivity index (χ0v) is 12.3. The van der Waals surface area contributed by atoms with Crippen LogP contribution < -0.4 is 15.2 Å². The monoisotopic (exact) mass is 293 g/mol. The lowest BCUT2D eigenvalue weighted by atomic mass is 9.94. The Kier molecular flexibility index (Phi) is 7.11. The molecular formula is C13H21ClFNO3. The highest BCUT2D eigenvalue weighted by Crippen LogP contribution is 2.33. The van der Waals surface area contributed by atoms with Crippen LogP contribution in [-0.4, -0.2) is 25.4 Å². The Labute approximate surface area is 119 Å². The van der Waals surface area contributed by atoms with Crippen molar-refractivity contribution < 1.29 is 19.0 Å². The fourth-order valence-corrected chi connectivity index (χ4v) is 1.72. The maximum Gasteiger partial charge on any atom is 0.163 e. The van der Waals surface area contributed by atoms with Crippen molar-refractivity contribution in [3.63, 3.8) is 0 Å². The van der Waals surface area contributed by atoms with Crippen LogP contribution in [-0.2, 0) is 0 Å². The normalized spacial score (nSPS) is 13.7. The van der Waals surface area contributed by atoms with Gasteiger partial charge in [0, 0.05) is 11.6 Å². The van der Waals surface area contributed by atoms with Crippen LogP contribution >= 0.6 is 12.4 Å². The number of rotatable bonds is 5. The Morgan fingerprint density at radius 1 is 1.16 bits per heavy atom. The fraction of sp³-hybridized carbons (Fsp3) is 0.538. The summed E-state index contributed by atoms with van der Waals surface area (Å²) in [5, 5.41) is 9.90. The molecule has 0 saturated carbocycles. The SMILES string of the molecule is COc1cc(F)c([C@H](N)[C@H](O)C(C)C)cc1OC.Cl. The highest BCUT2D eigenvalue weighted by Gasteiger charge is 2.24. The first-order valence-corrected chi connectivity index (χ1v) is 5.77. The quantitative estimate of drug-likeness (QED) is 0.874. The molecule has 0 aromatic heterocycles. The Hall–Kier alpha value is -1.04. The number of ether oxygens (including phenoxy) is 2. The predicted molar refractivity (Wildman–Crippen MR) is 74.5 cm³/mol. The van der Waals surface area contributed by atoms with Crippen LogP contribution in [0.15, 0.2) is 12.1 Å². The minimum Gasteiger partial charge on any atom is -0.493 e. The number of benzene rings is 1. The molecule has 1 aromatic rings. The number of nitrogens with two attached hydrogens (primary N) is 1. The van der Waals surface area contributed by atoms with Crippen LogP contribution in [0.5, 0.6) is 11.5 Å². The first-order valence-electron chi connectivity index (χ1n) is 5.77. The second-order valence-corrected chi connectivity index (χ2v) is 4.49. The van der Waals surface area contributed by atoms with Gasteiger partial charge in [-0.1, -0.05) is 13.8 Å². The Morgan fingerprint density at radius 2 is 1.63 bits per heavy atom. The summed E-state index contributed by atoms with van der Waals surface area (Å²) in [6.45, 7) is 3.65. The lowest BCUT2D eigenvalue weighted by molar-refractivity contribution is 0.0965. The first kappa shape index (κ1) is 18.0. The maximum atomic E-state index is 13.9. The topological polar surface area (TPSA) is 64.7 Å². The summed E-state index contributed by atoms with van der Waals surface area (Å²) in [5.74, 6) is 0.109. The average molecular weight is 294 g/mol. The molecule has 4 nitrogen and oxygen atoms in total. The zero-order chi connectivity index (χ0) is 13.9. The van der Waals surface area contributed by atoms with Gasteiger partial charge in [0.25, 0.3) is 0 Å². The van der Waals surface area contributed by atoms with Gasteiger partial charge in [0.05, 0.1) is 26.4 Å². The van der Waals surface area contributed by atoms with E-state index in [9.17, 15) is 9.50 Å². The third kappa shape index (κ3) is 3.96. The highest BCUT2D eigenvalue weighted by atomic mass is 35.5. The first-order chi connectivity index (χ1) is 8.42. The summed E-state index contributed by atoms with van der Waals surface area (Å²) in [7, 11) is 2.89. The van der Waals surface area contributed by atoms with E-state index >= 15 is 0 Å². The second-order valence-electron chi connectivity index (χ2n) is 4.49. The van der Waals surface area contributed by atoms with Gasteiger partial charge in [0.2, 0.25) is 0 Å². The molecule has 0 aliphatic heterocycles. The minimum absolute atomic E-state index is 0. The van der Waals surface area contributed by atoms with Crippen molar-refractivity contribution in [2.75, 3.05) is 14.2 Å². The highest BCUT2D eigenvalue weighted by molar-refractivity contribution is 5.85. The van der Waals surface area contributed by atoms with Crippen LogP contribution in [0, 0.1) is 11.7 Å². The number of hydrogen-bond acceptors (Lipinski definition) is 4. The summed E-state index contributed by atoms with van der Waals surface area (Å²) in [5.41, 5.74) is 6.09. The Bertz CT molecular complexity index is 415. The molecule has 2 atom stereocenters. The molecule has 0 bridgehead atoms. The van der Waals surface area contributed by atoms with Gasteiger partial charge in [0.15, 0.2) is 11.5 Å². The molecule has 3 N–H and O–H groups in total. The standard InChI is InChI=1S/C13H20FNO3.ClH/c1-7(2)13(16)12(15)8-5-10(17-3)11(18-4)6-9(8)14;/h5-7,12-13,16H,15H2,1-4H3;1H/t12-,13+;/m0./s1. The lowest BCUT2D eigenvalue weighted by Gasteiger charge is -2.23. The van der Waals surface area contributed by atoms with Gasteiger partial charge in [-0.15, -0.1) is 12.4 Å². The van der Waals surface area contributed by atoms with Gasteiger partial charge in [0.1, 0.15) is 5.82 Å². The third-order valence-electron chi connectivity index (χ3n) is 2.91. The number of aliphatic hydroxyl groups is 1. The Balaban J connectivity index is 0.00000324. The van der Waals surface area contributed by atoms with Crippen molar-refractivity contribution in [3.8, 4) is 11.5 Å². The molecule has 0 amide bonds. The van der Waals surface area contributed by atoms with E-state index in [2.05, 4.69) is 0 Å². The van der Waals surface area contributed by atoms with Crippen molar-refractivity contribution in [3.05, 3.63) is 23.5 Å². The summed E-state index contributed by atoms with van der Waals surface area (Å²) in [4.78, 5) is 0. The van der Waals surface area contributed by atoms with Gasteiger partial charge < -0.3 is 20.3 Å². The molecule has 19 heavy (non-hydrogen) atoms. The van der Waals surface area contributed by atoms with E-state index in [-0.39, 0.29) is 23.9 Å². The average Bonchev–Trinajstić information content (AvgIpc) is 2.36. The molecule has 1 aromatic carbocycles. The van der Waals surface area contributed by atoms with Crippen molar-refractivity contribution in [1.82, 2.24) is 0 Å². The van der Waals surface area contributed by atoms with Crippen molar-refractivity contribution in [1.29, 1.82) is 0 Å². The molecule has 0 unspecified atom stereocenters. The molecule has 0 heterocycles. The van der Waals surface area contributed by atoms with Crippen LogP contribution in [0.1, 0.15) is 25.5 Å². The van der Waals surface area contributed by atoms with Crippen molar-refractivity contribution in [2.24, 2.45) is 11.7 Å². The van der Waals surface area contributed by atoms with Gasteiger partial charge in [-0.25, -0.2) is 4.39 Å². The van der Waals surface area contributed by atoms with E-state index in [0.717, 1.165) is 0 Å². The number of aliphatic hydroxyl groups excluding tert-OH is 1. The van der Waals surface area contributed by atoms with Crippen LogP contribution in [0.2, 0.25) is 0 Å². The van der Waals surface area contributed by atoms with Gasteiger partial charge in [-0.3, -0.25) is 0 Å². The second kappa shape index (κ2) is 7.53. The van der Waals surface area contributed by atoms with E-state index in [4.69, 9.17) is 15.2 Å². The predicted octanol–water partition coefficient (Wildman–Crippen LogP) is 2.28. The summed E-state index contributed by atoms with van der Waals surface area (Å²) >= 11 is 0. The van der Waals surface area contributed by atoms with Gasteiger partial charge >= 0.3 is 0 Å². The molecule has 6 heteroatoms. The van der Waals surface area contributed by atoms with Gasteiger partial charge in [-0.2, -0.15) is 0 Å². The van der Waals surface area contributed by atoms with Crippen LogP contribution in [0.25, 0.3) is 0 Å². The Morgan fingerprint density at radius 3 is 2.05 bits per heavy atom. The fourth-order valence-electron chi connectivity index (χ4n) is 1.72. The summed E-state index contributed by atoms with van der Waals surface area (Å²) < 4.78 is 24.0. The maximum absolute atomic E-state index is 13.9. The molecule has 0 spiro atoms. The van der Waals surface area contributed by atoms with E-state index < -0.39 is 18.0 Å². The molecule has 0 aliphatic rings. The molecule has 0 aliphatic carbocycles. The van der Waals surface area contributed by atoms with Crippen LogP contribution in [0.4, 0.5) is 4.39 Å². The minimum atomic E-state index is -0.822. The van der Waals surface area contributed by atoms with Crippen LogP contribution in [0.3, 0.4) is 0 Å². The largest absolute Gasteiger partial charge is 0.493 e. The van der Waals surface area contributed by atoms with E-state index in [1.54, 1.807) is 0 Å². The molecule has 110 valence electrons. The molecule has 0 fully saturated rings. The summed E-state index contributed by atoms with van der Waals surface area (Å²) in [6, 6.07) is 1.87. The zero-order valence-electron chi connectivity index (χ0n) is 11.5. The molecule has 0 radical (unpaired) electrons. The number of hydrogen-bond donors (Lipinski definition) is 2. The number of halogens is 2. The summed E-state index contributed by atoms with van der Waals surface area (Å²) in [6.07, 6.45) is -0.822. The lowest BCUT2D eigenvalue weighted by Crippen LogP contribution is -2.31. The van der Waals surface area contributed by atoms with E-state index in [1.807, 2.05) is 13.8 Å². The van der Waals surface area contributed by atoms with Crippen molar-refractivity contribution in [2.45, 2.75) is 26.0 Å². The number of methoxy groups -OCH3 is 2. The molecule has 0 saturated heterocycles. The van der Waals surface area contributed by atoms with Gasteiger partial charge in [-0.05, 0) is 12.0 Å². The third-order valence-corrected chi connectivity index (χ3v) is 2.91. The smallest absolute Gasteiger partial charge is 0.163 e. The van der Waals surface area contributed by atoms with E-state index in [1.165, 1.54) is 26.4 Å². The molecular weight excluding hydrogens is 273 g/mol.